The molecule has 1 saturated carbocycles. The maximum atomic E-state index is 4.74. The van der Waals surface area contributed by atoms with E-state index in [1.165, 1.54) is 32.1 Å². The van der Waals surface area contributed by atoms with Crippen molar-refractivity contribution in [1.29, 1.82) is 0 Å². The maximum Gasteiger partial charge on any atom is 0.177 e. The van der Waals surface area contributed by atoms with Crippen molar-refractivity contribution in [2.24, 2.45) is 7.05 Å². The lowest BCUT2D eigenvalue weighted by Crippen LogP contribution is -2.14. The molecule has 1 aliphatic rings. The van der Waals surface area contributed by atoms with Crippen molar-refractivity contribution in [3.05, 3.63) is 18.7 Å². The monoisotopic (exact) mass is 270 g/mol. The van der Waals surface area contributed by atoms with E-state index < -0.39 is 0 Å². The van der Waals surface area contributed by atoms with Gasteiger partial charge in [-0.05, 0) is 12.8 Å². The number of imidazole rings is 2. The van der Waals surface area contributed by atoms with Gasteiger partial charge in [0.1, 0.15) is 11.2 Å². The first-order valence-electron chi connectivity index (χ1n) is 7.23. The number of rotatable bonds is 2. The van der Waals surface area contributed by atoms with Crippen LogP contribution in [0.3, 0.4) is 0 Å². The lowest BCUT2D eigenvalue weighted by atomic mass is 9.96. The van der Waals surface area contributed by atoms with Gasteiger partial charge >= 0.3 is 0 Å². The zero-order valence-corrected chi connectivity index (χ0v) is 11.6. The van der Waals surface area contributed by atoms with Gasteiger partial charge in [-0.1, -0.05) is 19.3 Å². The van der Waals surface area contributed by atoms with E-state index in [4.69, 9.17) is 4.98 Å². The summed E-state index contributed by atoms with van der Waals surface area (Å²) in [7, 11) is 1.98. The third kappa shape index (κ3) is 1.75. The molecule has 1 N–H and O–H groups in total. The number of fused-ring (bicyclic) bond motifs is 1. The Kier molecular flexibility index (Phi) is 2.61. The first kappa shape index (κ1) is 11.7. The summed E-state index contributed by atoms with van der Waals surface area (Å²) in [4.78, 5) is 12.2. The molecule has 0 unspecified atom stereocenters. The minimum absolute atomic E-state index is 0.504. The van der Waals surface area contributed by atoms with Gasteiger partial charge in [0.2, 0.25) is 0 Å². The van der Waals surface area contributed by atoms with E-state index in [2.05, 4.69) is 19.7 Å². The molecule has 0 atom stereocenters. The van der Waals surface area contributed by atoms with Crippen molar-refractivity contribution in [1.82, 2.24) is 29.3 Å². The first-order chi connectivity index (χ1) is 9.83. The Labute approximate surface area is 116 Å². The Balaban J connectivity index is 1.77. The fraction of sp³-hybridized carbons (Fsp3) is 0.500. The lowest BCUT2D eigenvalue weighted by Gasteiger charge is -2.21. The number of aryl methyl sites for hydroxylation is 1. The molecule has 3 aromatic rings. The summed E-state index contributed by atoms with van der Waals surface area (Å²) >= 11 is 0. The number of nitrogens with one attached hydrogen (secondary N) is 1. The van der Waals surface area contributed by atoms with Crippen LogP contribution in [0.25, 0.3) is 22.7 Å². The zero-order chi connectivity index (χ0) is 13.5. The average molecular weight is 270 g/mol. The van der Waals surface area contributed by atoms with Gasteiger partial charge in [0.25, 0.3) is 0 Å². The second-order valence-corrected chi connectivity index (χ2v) is 5.59. The molecular weight excluding hydrogens is 252 g/mol. The van der Waals surface area contributed by atoms with Crippen molar-refractivity contribution in [2.45, 2.75) is 38.1 Å². The van der Waals surface area contributed by atoms with Crippen molar-refractivity contribution in [3.8, 4) is 11.5 Å². The summed E-state index contributed by atoms with van der Waals surface area (Å²) in [6.07, 6.45) is 11.9. The molecule has 0 bridgehead atoms. The number of hydrogen-bond acceptors (Lipinski definition) is 3. The van der Waals surface area contributed by atoms with Crippen LogP contribution in [-0.2, 0) is 7.05 Å². The predicted molar refractivity (Wildman–Crippen MR) is 76.2 cm³/mol. The molecule has 20 heavy (non-hydrogen) atoms. The van der Waals surface area contributed by atoms with Crippen LogP contribution in [0, 0.1) is 0 Å². The first-order valence-corrected chi connectivity index (χ1v) is 7.23. The molecule has 0 saturated heterocycles. The molecular formula is C14H18N6. The van der Waals surface area contributed by atoms with Crippen LogP contribution in [0.5, 0.6) is 0 Å². The molecule has 0 aromatic carbocycles. The molecule has 1 aliphatic carbocycles. The summed E-state index contributed by atoms with van der Waals surface area (Å²) in [5, 5.41) is 4.52. The van der Waals surface area contributed by atoms with E-state index in [0.717, 1.165) is 22.7 Å². The molecule has 104 valence electrons. The lowest BCUT2D eigenvalue weighted by molar-refractivity contribution is 0.336. The van der Waals surface area contributed by atoms with E-state index in [0.29, 0.717) is 6.04 Å². The minimum Gasteiger partial charge on any atom is -0.334 e. The number of hydrogen-bond donors (Lipinski definition) is 1. The second-order valence-electron chi connectivity index (χ2n) is 5.59. The number of aromatic amines is 1. The van der Waals surface area contributed by atoms with Crippen molar-refractivity contribution >= 4 is 11.2 Å². The van der Waals surface area contributed by atoms with Gasteiger partial charge < -0.3 is 9.55 Å². The second kappa shape index (κ2) is 4.47. The van der Waals surface area contributed by atoms with Gasteiger partial charge in [0, 0.05) is 7.05 Å². The summed E-state index contributed by atoms with van der Waals surface area (Å²) in [5.74, 6) is 0.863. The quantitative estimate of drug-likeness (QED) is 0.778. The Morgan fingerprint density at radius 2 is 2.05 bits per heavy atom. The van der Waals surface area contributed by atoms with Gasteiger partial charge in [-0.2, -0.15) is 5.10 Å². The molecule has 0 amide bonds. The SMILES string of the molecule is Cn1cncc1-c1nc2c(cnn2C2CCCCC2)[nH]1. The normalized spacial score (nSPS) is 17.1. The van der Waals surface area contributed by atoms with E-state index in [1.54, 1.807) is 6.33 Å². The zero-order valence-electron chi connectivity index (χ0n) is 11.6. The Hall–Kier alpha value is -2.11. The molecule has 6 nitrogen and oxygen atoms in total. The summed E-state index contributed by atoms with van der Waals surface area (Å²) in [6.45, 7) is 0. The van der Waals surface area contributed by atoms with Gasteiger partial charge in [0.05, 0.1) is 24.8 Å². The Morgan fingerprint density at radius 3 is 2.80 bits per heavy atom. The standard InChI is InChI=1S/C14H18N6/c1-19-9-15-8-12(19)13-17-11-7-16-20(14(11)18-13)10-5-3-2-4-6-10/h7-10H,2-6H2,1H3,(H,17,18). The molecule has 3 heterocycles. The maximum absolute atomic E-state index is 4.74. The van der Waals surface area contributed by atoms with Crippen LogP contribution in [-0.4, -0.2) is 29.3 Å². The number of nitrogens with zero attached hydrogens (tertiary/aromatic N) is 5. The molecule has 0 aliphatic heterocycles. The van der Waals surface area contributed by atoms with Gasteiger partial charge in [0.15, 0.2) is 11.5 Å². The minimum atomic E-state index is 0.504. The molecule has 3 aromatic heterocycles. The third-order valence-corrected chi connectivity index (χ3v) is 4.22. The van der Waals surface area contributed by atoms with Crippen LogP contribution in [0.2, 0.25) is 0 Å². The van der Waals surface area contributed by atoms with Crippen LogP contribution in [0.4, 0.5) is 0 Å². The van der Waals surface area contributed by atoms with E-state index in [-0.39, 0.29) is 0 Å². The molecule has 4 rings (SSSR count). The predicted octanol–water partition coefficient (Wildman–Crippen LogP) is 2.67. The highest BCUT2D eigenvalue weighted by Crippen LogP contribution is 2.30. The number of H-pyrrole nitrogens is 1. The third-order valence-electron chi connectivity index (χ3n) is 4.22. The van der Waals surface area contributed by atoms with Crippen molar-refractivity contribution < 1.29 is 0 Å². The average Bonchev–Trinajstić information content (AvgIpc) is 3.13. The summed E-state index contributed by atoms with van der Waals surface area (Å²) in [6, 6.07) is 0.504. The fourth-order valence-corrected chi connectivity index (χ4v) is 3.12. The molecule has 0 spiro atoms. The molecule has 1 fully saturated rings. The largest absolute Gasteiger partial charge is 0.334 e. The Bertz CT molecular complexity index is 728. The molecule has 6 heteroatoms. The van der Waals surface area contributed by atoms with Crippen LogP contribution in [0.15, 0.2) is 18.7 Å². The fourth-order valence-electron chi connectivity index (χ4n) is 3.12. The van der Waals surface area contributed by atoms with Crippen molar-refractivity contribution in [3.63, 3.8) is 0 Å². The molecule has 0 radical (unpaired) electrons. The number of aromatic nitrogens is 6. The van der Waals surface area contributed by atoms with E-state index in [9.17, 15) is 0 Å². The topological polar surface area (TPSA) is 64.3 Å². The van der Waals surface area contributed by atoms with Crippen LogP contribution in [0.1, 0.15) is 38.1 Å². The summed E-state index contributed by atoms with van der Waals surface area (Å²) in [5.41, 5.74) is 2.97. The smallest absolute Gasteiger partial charge is 0.177 e. The summed E-state index contributed by atoms with van der Waals surface area (Å²) < 4.78 is 4.07. The highest BCUT2D eigenvalue weighted by atomic mass is 15.3. The Morgan fingerprint density at radius 1 is 1.20 bits per heavy atom. The van der Waals surface area contributed by atoms with Gasteiger partial charge in [-0.3, -0.25) is 0 Å². The van der Waals surface area contributed by atoms with E-state index >= 15 is 0 Å². The van der Waals surface area contributed by atoms with Gasteiger partial charge in [-0.25, -0.2) is 14.6 Å². The van der Waals surface area contributed by atoms with Gasteiger partial charge in [-0.15, -0.1) is 0 Å². The highest BCUT2D eigenvalue weighted by Gasteiger charge is 2.20. The van der Waals surface area contributed by atoms with Crippen molar-refractivity contribution in [2.75, 3.05) is 0 Å². The van der Waals surface area contributed by atoms with E-state index in [1.807, 2.05) is 24.0 Å². The van der Waals surface area contributed by atoms with Crippen LogP contribution < -0.4 is 0 Å². The van der Waals surface area contributed by atoms with Crippen LogP contribution >= 0.6 is 0 Å². The highest BCUT2D eigenvalue weighted by molar-refractivity contribution is 5.75.